The molecule has 0 unspecified atom stereocenters. The van der Waals surface area contributed by atoms with E-state index in [0.717, 1.165) is 23.1 Å². The monoisotopic (exact) mass is 618 g/mol. The number of ether oxygens (including phenoxy) is 3. The SMILES string of the molecule is COC(=O)N[C@H](C(=O)Nc1ccccc1CC[C@@H]1CNC[C@@H](COc2ccc(C#N)cc2)O1)C(c1ccccc1)c1ccccc1. The van der Waals surface area contributed by atoms with E-state index in [0.29, 0.717) is 43.1 Å². The summed E-state index contributed by atoms with van der Waals surface area (Å²) in [5.74, 6) is -0.124. The highest BCUT2D eigenvalue weighted by molar-refractivity contribution is 5.98. The van der Waals surface area contributed by atoms with Gasteiger partial charge < -0.3 is 30.2 Å². The van der Waals surface area contributed by atoms with Crippen LogP contribution in [-0.4, -0.2) is 57.1 Å². The molecular weight excluding hydrogens is 580 g/mol. The number of hydrogen-bond donors (Lipinski definition) is 3. The van der Waals surface area contributed by atoms with Gasteiger partial charge in [0.15, 0.2) is 0 Å². The van der Waals surface area contributed by atoms with E-state index < -0.39 is 18.1 Å². The van der Waals surface area contributed by atoms with Crippen molar-refractivity contribution in [2.75, 3.05) is 32.1 Å². The van der Waals surface area contributed by atoms with Gasteiger partial charge in [-0.15, -0.1) is 0 Å². The van der Waals surface area contributed by atoms with Crippen molar-refractivity contribution < 1.29 is 23.8 Å². The second-order valence-electron chi connectivity index (χ2n) is 11.1. The molecule has 5 rings (SSSR count). The number of rotatable bonds is 12. The second kappa shape index (κ2) is 16.2. The third kappa shape index (κ3) is 8.72. The molecule has 1 fully saturated rings. The molecule has 3 atom stereocenters. The first-order chi connectivity index (χ1) is 22.5. The van der Waals surface area contributed by atoms with Crippen LogP contribution in [0.1, 0.15) is 34.6 Å². The van der Waals surface area contributed by atoms with E-state index in [1.807, 2.05) is 84.9 Å². The molecule has 0 bridgehead atoms. The quantitative estimate of drug-likeness (QED) is 0.194. The Morgan fingerprint density at radius 1 is 0.891 bits per heavy atom. The molecule has 236 valence electrons. The van der Waals surface area contributed by atoms with E-state index in [1.165, 1.54) is 7.11 Å². The molecule has 2 amide bonds. The molecule has 0 aromatic heterocycles. The maximum atomic E-state index is 14.0. The predicted molar refractivity (Wildman–Crippen MR) is 176 cm³/mol. The highest BCUT2D eigenvalue weighted by Crippen LogP contribution is 2.30. The molecule has 9 heteroatoms. The number of aryl methyl sites for hydroxylation is 1. The van der Waals surface area contributed by atoms with Crippen molar-refractivity contribution in [3.05, 3.63) is 131 Å². The Bertz CT molecular complexity index is 1570. The van der Waals surface area contributed by atoms with Crippen LogP contribution in [0.5, 0.6) is 5.75 Å². The van der Waals surface area contributed by atoms with Crippen LogP contribution >= 0.6 is 0 Å². The average Bonchev–Trinajstić information content (AvgIpc) is 3.11. The Morgan fingerprint density at radius 3 is 2.17 bits per heavy atom. The van der Waals surface area contributed by atoms with Crippen molar-refractivity contribution in [1.29, 1.82) is 5.26 Å². The Morgan fingerprint density at radius 2 is 1.52 bits per heavy atom. The maximum Gasteiger partial charge on any atom is 0.407 e. The minimum atomic E-state index is -0.951. The smallest absolute Gasteiger partial charge is 0.407 e. The lowest BCUT2D eigenvalue weighted by molar-refractivity contribution is -0.118. The fraction of sp³-hybridized carbons (Fsp3) is 0.270. The lowest BCUT2D eigenvalue weighted by Gasteiger charge is -2.31. The molecule has 0 radical (unpaired) electrons. The van der Waals surface area contributed by atoms with Gasteiger partial charge in [0.2, 0.25) is 5.91 Å². The second-order valence-corrected chi connectivity index (χ2v) is 11.1. The number of nitrogens with zero attached hydrogens (tertiary/aromatic N) is 1. The van der Waals surface area contributed by atoms with Gasteiger partial charge in [-0.2, -0.15) is 5.26 Å². The van der Waals surface area contributed by atoms with E-state index in [-0.39, 0.29) is 18.1 Å². The summed E-state index contributed by atoms with van der Waals surface area (Å²) in [6, 6.07) is 35.2. The number of methoxy groups -OCH3 is 1. The lowest BCUT2D eigenvalue weighted by Crippen LogP contribution is -2.48. The number of anilines is 1. The summed E-state index contributed by atoms with van der Waals surface area (Å²) < 4.78 is 17.2. The van der Waals surface area contributed by atoms with Crippen molar-refractivity contribution in [3.8, 4) is 11.8 Å². The number of para-hydroxylation sites is 1. The van der Waals surface area contributed by atoms with Gasteiger partial charge >= 0.3 is 6.09 Å². The highest BCUT2D eigenvalue weighted by Gasteiger charge is 2.33. The molecule has 1 aliphatic rings. The van der Waals surface area contributed by atoms with Gasteiger partial charge in [-0.1, -0.05) is 78.9 Å². The van der Waals surface area contributed by atoms with Gasteiger partial charge in [0.1, 0.15) is 24.5 Å². The summed E-state index contributed by atoms with van der Waals surface area (Å²) in [6.45, 7) is 1.78. The topological polar surface area (TPSA) is 122 Å². The first-order valence-electron chi connectivity index (χ1n) is 15.4. The number of nitriles is 1. The van der Waals surface area contributed by atoms with Gasteiger partial charge in [-0.25, -0.2) is 4.79 Å². The molecule has 1 heterocycles. The largest absolute Gasteiger partial charge is 0.491 e. The summed E-state index contributed by atoms with van der Waals surface area (Å²) in [6.07, 6.45) is 0.545. The Balaban J connectivity index is 1.26. The van der Waals surface area contributed by atoms with Gasteiger partial charge in [0.25, 0.3) is 0 Å². The molecule has 1 aliphatic heterocycles. The van der Waals surface area contributed by atoms with E-state index in [9.17, 15) is 9.59 Å². The van der Waals surface area contributed by atoms with E-state index in [2.05, 4.69) is 22.0 Å². The zero-order valence-electron chi connectivity index (χ0n) is 25.7. The van der Waals surface area contributed by atoms with Crippen LogP contribution in [0, 0.1) is 11.3 Å². The van der Waals surface area contributed by atoms with Crippen LogP contribution in [0.15, 0.2) is 109 Å². The number of carbonyl (C=O) groups is 2. The van der Waals surface area contributed by atoms with Crippen LogP contribution in [0.3, 0.4) is 0 Å². The van der Waals surface area contributed by atoms with Crippen molar-refractivity contribution in [2.24, 2.45) is 0 Å². The zero-order chi connectivity index (χ0) is 32.1. The molecule has 1 saturated heterocycles. The summed E-state index contributed by atoms with van der Waals surface area (Å²) >= 11 is 0. The minimum Gasteiger partial charge on any atom is -0.491 e. The number of amides is 2. The van der Waals surface area contributed by atoms with Crippen LogP contribution < -0.4 is 20.7 Å². The van der Waals surface area contributed by atoms with Crippen molar-refractivity contribution in [1.82, 2.24) is 10.6 Å². The van der Waals surface area contributed by atoms with Crippen LogP contribution in [-0.2, 0) is 20.7 Å². The third-order valence-corrected chi connectivity index (χ3v) is 7.95. The predicted octanol–water partition coefficient (Wildman–Crippen LogP) is 5.42. The molecule has 0 aliphatic carbocycles. The Kier molecular flexibility index (Phi) is 11.4. The summed E-state index contributed by atoms with van der Waals surface area (Å²) in [7, 11) is 1.28. The van der Waals surface area contributed by atoms with E-state index >= 15 is 0 Å². The highest BCUT2D eigenvalue weighted by atomic mass is 16.5. The molecule has 4 aromatic rings. The third-order valence-electron chi connectivity index (χ3n) is 7.95. The molecule has 46 heavy (non-hydrogen) atoms. The molecule has 4 aromatic carbocycles. The van der Waals surface area contributed by atoms with Gasteiger partial charge in [-0.05, 0) is 59.9 Å². The minimum absolute atomic E-state index is 0.0404. The molecule has 9 nitrogen and oxygen atoms in total. The summed E-state index contributed by atoms with van der Waals surface area (Å²) in [5.41, 5.74) is 4.00. The van der Waals surface area contributed by atoms with Crippen LogP contribution in [0.25, 0.3) is 0 Å². The van der Waals surface area contributed by atoms with Crippen molar-refractivity contribution >= 4 is 17.7 Å². The zero-order valence-corrected chi connectivity index (χ0v) is 25.7. The molecule has 3 N–H and O–H groups in total. The summed E-state index contributed by atoms with van der Waals surface area (Å²) in [4.78, 5) is 26.5. The normalized spacial score (nSPS) is 16.5. The fourth-order valence-corrected chi connectivity index (χ4v) is 5.63. The standard InChI is InChI=1S/C37H38N4O5/c1-44-37(43)41-35(34(28-11-4-2-5-12-28)29-13-6-3-7-14-29)36(42)40-33-15-9-8-10-27(33)18-21-31-23-39-24-32(46-31)25-45-30-19-16-26(22-38)17-20-30/h2-17,19-20,31-32,34-35,39H,18,21,23-25H2,1H3,(H,40,42)(H,41,43)/t31-,32+,35+/m1/s1. The first kappa shape index (κ1) is 32.2. The van der Waals surface area contributed by atoms with Crippen LogP contribution in [0.4, 0.5) is 10.5 Å². The average molecular weight is 619 g/mol. The number of morpholine rings is 1. The van der Waals surface area contributed by atoms with Gasteiger partial charge in [0, 0.05) is 24.7 Å². The fourth-order valence-electron chi connectivity index (χ4n) is 5.63. The van der Waals surface area contributed by atoms with E-state index in [4.69, 9.17) is 19.5 Å². The van der Waals surface area contributed by atoms with Crippen molar-refractivity contribution in [3.63, 3.8) is 0 Å². The number of alkyl carbamates (subject to hydrolysis) is 1. The number of hydrogen-bond acceptors (Lipinski definition) is 7. The number of benzene rings is 4. The lowest BCUT2D eigenvalue weighted by atomic mass is 9.84. The van der Waals surface area contributed by atoms with E-state index in [1.54, 1.807) is 24.3 Å². The number of nitrogens with one attached hydrogen (secondary N) is 3. The molecule has 0 spiro atoms. The number of carbonyl (C=O) groups excluding carboxylic acids is 2. The Hall–Kier alpha value is -5.17. The summed E-state index contributed by atoms with van der Waals surface area (Å²) in [5, 5.41) is 18.3. The van der Waals surface area contributed by atoms with Crippen molar-refractivity contribution in [2.45, 2.75) is 37.0 Å². The van der Waals surface area contributed by atoms with Gasteiger partial charge in [-0.3, -0.25) is 4.79 Å². The maximum absolute atomic E-state index is 14.0. The molecular formula is C37H38N4O5. The molecule has 0 saturated carbocycles. The Labute approximate surface area is 269 Å². The first-order valence-corrected chi connectivity index (χ1v) is 15.4. The van der Waals surface area contributed by atoms with Gasteiger partial charge in [0.05, 0.1) is 24.8 Å². The van der Waals surface area contributed by atoms with Crippen LogP contribution in [0.2, 0.25) is 0 Å².